The highest BCUT2D eigenvalue weighted by Crippen LogP contribution is 2.34. The molecule has 0 saturated carbocycles. The molecule has 0 fully saturated rings. The molecule has 6 aromatic rings. The summed E-state index contributed by atoms with van der Waals surface area (Å²) in [5.74, 6) is 2.01. The Balaban J connectivity index is 1.33. The molecule has 1 N–H and O–H groups in total. The number of nitrogens with zero attached hydrogens (tertiary/aromatic N) is 6. The van der Waals surface area contributed by atoms with E-state index < -0.39 is 5.79 Å². The molecule has 0 aliphatic heterocycles. The van der Waals surface area contributed by atoms with Gasteiger partial charge in [0.05, 0.1) is 0 Å². The molecule has 0 bridgehead atoms. The molecule has 9 nitrogen and oxygen atoms in total. The monoisotopic (exact) mass is 571 g/mol. The first-order valence-electron chi connectivity index (χ1n) is 14.4. The van der Waals surface area contributed by atoms with Crippen LogP contribution in [0.5, 0.6) is 11.5 Å². The molecule has 0 spiro atoms. The lowest BCUT2D eigenvalue weighted by molar-refractivity contribution is -0.131. The summed E-state index contributed by atoms with van der Waals surface area (Å²) in [6, 6.07) is 35.9. The second-order valence-electron chi connectivity index (χ2n) is 10.5. The summed E-state index contributed by atoms with van der Waals surface area (Å²) in [4.78, 5) is 5.07. The number of aromatic nitrogens is 7. The van der Waals surface area contributed by atoms with Gasteiger partial charge in [0.15, 0.2) is 0 Å². The first-order chi connectivity index (χ1) is 21.0. The highest BCUT2D eigenvalue weighted by atomic mass is 16.7. The number of hydrogen-bond acceptors (Lipinski definition) is 7. The van der Waals surface area contributed by atoms with Gasteiger partial charge in [0.1, 0.15) is 17.3 Å². The summed E-state index contributed by atoms with van der Waals surface area (Å²) in [5, 5.41) is 19.6. The van der Waals surface area contributed by atoms with Crippen molar-refractivity contribution in [1.29, 1.82) is 0 Å². The van der Waals surface area contributed by atoms with Crippen LogP contribution < -0.4 is 9.47 Å². The fourth-order valence-electron chi connectivity index (χ4n) is 5.01. The van der Waals surface area contributed by atoms with Crippen LogP contribution in [-0.4, -0.2) is 35.4 Å². The smallest absolute Gasteiger partial charge is 0.314 e. The van der Waals surface area contributed by atoms with E-state index in [4.69, 9.17) is 19.6 Å². The summed E-state index contributed by atoms with van der Waals surface area (Å²) in [6.45, 7) is 6.22. The van der Waals surface area contributed by atoms with E-state index in [0.29, 0.717) is 36.0 Å². The van der Waals surface area contributed by atoms with E-state index in [2.05, 4.69) is 64.8 Å². The minimum Gasteiger partial charge on any atom is -0.445 e. The maximum atomic E-state index is 6.57. The van der Waals surface area contributed by atoms with Gasteiger partial charge in [0.25, 0.3) is 0 Å². The van der Waals surface area contributed by atoms with E-state index in [1.54, 1.807) is 0 Å². The van der Waals surface area contributed by atoms with Crippen molar-refractivity contribution < 1.29 is 9.47 Å². The Morgan fingerprint density at radius 2 is 1.37 bits per heavy atom. The van der Waals surface area contributed by atoms with E-state index in [9.17, 15) is 0 Å². The molecule has 0 aliphatic carbocycles. The summed E-state index contributed by atoms with van der Waals surface area (Å²) in [5.41, 5.74) is 4.12. The van der Waals surface area contributed by atoms with Gasteiger partial charge in [-0.25, -0.2) is 9.67 Å². The average molecular weight is 572 g/mol. The van der Waals surface area contributed by atoms with Crippen LogP contribution in [0.4, 0.5) is 0 Å². The first kappa shape index (κ1) is 27.8. The predicted molar refractivity (Wildman–Crippen MR) is 164 cm³/mol. The average Bonchev–Trinajstić information content (AvgIpc) is 3.74. The maximum absolute atomic E-state index is 6.57. The Bertz CT molecular complexity index is 1710. The van der Waals surface area contributed by atoms with Crippen LogP contribution in [-0.2, 0) is 12.2 Å². The summed E-state index contributed by atoms with van der Waals surface area (Å²) < 4.78 is 15.1. The van der Waals surface area contributed by atoms with Crippen molar-refractivity contribution in [2.75, 3.05) is 0 Å². The van der Waals surface area contributed by atoms with E-state index in [-0.39, 0.29) is 6.04 Å². The van der Waals surface area contributed by atoms with Crippen LogP contribution in [0.2, 0.25) is 0 Å². The second-order valence-corrected chi connectivity index (χ2v) is 10.5. The molecule has 4 aromatic carbocycles. The van der Waals surface area contributed by atoms with Gasteiger partial charge in [-0.2, -0.15) is 5.21 Å². The molecule has 216 valence electrons. The van der Waals surface area contributed by atoms with Crippen LogP contribution in [0.1, 0.15) is 50.4 Å². The van der Waals surface area contributed by atoms with Gasteiger partial charge in [-0.1, -0.05) is 91.9 Å². The SMILES string of the molecule is CCC(Oc1ccccc1)(Oc1ccccc1)c1nc(Cc2ccc(-c3ccccc3-c3nn[nH]n3)cc2)n(C(C)C)n1. The van der Waals surface area contributed by atoms with Crippen molar-refractivity contribution in [3.63, 3.8) is 0 Å². The topological polar surface area (TPSA) is 104 Å². The summed E-state index contributed by atoms with van der Waals surface area (Å²) >= 11 is 0. The third-order valence-corrected chi connectivity index (χ3v) is 7.19. The molecule has 2 aromatic heterocycles. The number of H-pyrrole nitrogens is 1. The van der Waals surface area contributed by atoms with Gasteiger partial charge >= 0.3 is 5.79 Å². The molecular weight excluding hydrogens is 538 g/mol. The molecule has 0 radical (unpaired) electrons. The lowest BCUT2D eigenvalue weighted by atomic mass is 9.98. The third kappa shape index (κ3) is 6.01. The van der Waals surface area contributed by atoms with Crippen molar-refractivity contribution in [3.8, 4) is 34.0 Å². The molecular formula is C34H33N7O2. The molecule has 9 heteroatoms. The van der Waals surface area contributed by atoms with Crippen molar-refractivity contribution in [3.05, 3.63) is 126 Å². The first-order valence-corrected chi connectivity index (χ1v) is 14.4. The molecule has 0 saturated heterocycles. The number of ether oxygens (including phenoxy) is 2. The molecule has 0 amide bonds. The fourth-order valence-corrected chi connectivity index (χ4v) is 5.01. The van der Waals surface area contributed by atoms with Crippen molar-refractivity contribution >= 4 is 0 Å². The van der Waals surface area contributed by atoms with Gasteiger partial charge in [0.2, 0.25) is 11.6 Å². The third-order valence-electron chi connectivity index (χ3n) is 7.19. The highest BCUT2D eigenvalue weighted by Gasteiger charge is 2.41. The minimum atomic E-state index is -1.22. The Morgan fingerprint density at radius 1 is 0.767 bits per heavy atom. The van der Waals surface area contributed by atoms with Crippen molar-refractivity contribution in [1.82, 2.24) is 35.4 Å². The number of tetrazole rings is 1. The van der Waals surface area contributed by atoms with Gasteiger partial charge in [-0.05, 0) is 60.0 Å². The second kappa shape index (κ2) is 12.3. The van der Waals surface area contributed by atoms with Gasteiger partial charge in [0, 0.05) is 24.4 Å². The van der Waals surface area contributed by atoms with Gasteiger partial charge in [-0.3, -0.25) is 0 Å². The quantitative estimate of drug-likeness (QED) is 0.167. The normalized spacial score (nSPS) is 11.5. The number of aromatic amines is 1. The fraction of sp³-hybridized carbons (Fsp3) is 0.206. The largest absolute Gasteiger partial charge is 0.445 e. The highest BCUT2D eigenvalue weighted by molar-refractivity contribution is 5.80. The Hall–Kier alpha value is -5.31. The molecule has 43 heavy (non-hydrogen) atoms. The van der Waals surface area contributed by atoms with Gasteiger partial charge < -0.3 is 9.47 Å². The Labute approximate surface area is 250 Å². The minimum absolute atomic E-state index is 0.0837. The molecule has 0 atom stereocenters. The van der Waals surface area contributed by atoms with Gasteiger partial charge in [-0.15, -0.1) is 15.3 Å². The molecule has 6 rings (SSSR count). The zero-order valence-electron chi connectivity index (χ0n) is 24.4. The number of nitrogens with one attached hydrogen (secondary N) is 1. The van der Waals surface area contributed by atoms with Crippen molar-refractivity contribution in [2.45, 2.75) is 45.4 Å². The maximum Gasteiger partial charge on any atom is 0.314 e. The van der Waals surface area contributed by atoms with E-state index >= 15 is 0 Å². The van der Waals surface area contributed by atoms with Crippen LogP contribution in [0.15, 0.2) is 109 Å². The van der Waals surface area contributed by atoms with E-state index in [1.807, 2.05) is 90.5 Å². The van der Waals surface area contributed by atoms with Crippen LogP contribution >= 0.6 is 0 Å². The zero-order valence-corrected chi connectivity index (χ0v) is 24.4. The Morgan fingerprint density at radius 3 is 1.93 bits per heavy atom. The number of para-hydroxylation sites is 2. The lowest BCUT2D eigenvalue weighted by Crippen LogP contribution is -2.40. The number of benzene rings is 4. The van der Waals surface area contributed by atoms with Crippen LogP contribution in [0, 0.1) is 0 Å². The number of hydrogen-bond donors (Lipinski definition) is 1. The zero-order chi connectivity index (χ0) is 29.6. The molecule has 2 heterocycles. The standard InChI is InChI=1S/C34H33N7O2/c1-4-34(42-27-13-7-5-8-14-27,43-28-15-9-6-10-16-28)33-35-31(41(38-33)24(2)3)23-25-19-21-26(22-20-25)29-17-11-12-18-30(29)32-36-39-40-37-32/h5-22,24H,4,23H2,1-3H3,(H,36,37,39,40). The van der Waals surface area contributed by atoms with E-state index in [0.717, 1.165) is 28.1 Å². The molecule has 0 aliphatic rings. The van der Waals surface area contributed by atoms with Crippen LogP contribution in [0.25, 0.3) is 22.5 Å². The predicted octanol–water partition coefficient (Wildman–Crippen LogP) is 7.02. The summed E-state index contributed by atoms with van der Waals surface area (Å²) in [6.07, 6.45) is 1.08. The van der Waals surface area contributed by atoms with Crippen LogP contribution in [0.3, 0.4) is 0 Å². The lowest BCUT2D eigenvalue weighted by Gasteiger charge is -2.31. The molecule has 0 unspecified atom stereocenters. The Kier molecular flexibility index (Phi) is 7.95. The summed E-state index contributed by atoms with van der Waals surface area (Å²) in [7, 11) is 0. The van der Waals surface area contributed by atoms with Crippen molar-refractivity contribution in [2.24, 2.45) is 0 Å². The number of rotatable bonds is 11. The van der Waals surface area contributed by atoms with E-state index in [1.165, 1.54) is 0 Å².